The predicted molar refractivity (Wildman–Crippen MR) is 78.8 cm³/mol. The molecule has 19 heavy (non-hydrogen) atoms. The van der Waals surface area contributed by atoms with E-state index >= 15 is 0 Å². The summed E-state index contributed by atoms with van der Waals surface area (Å²) in [5.41, 5.74) is 3.27. The van der Waals surface area contributed by atoms with Gasteiger partial charge in [-0.15, -0.1) is 0 Å². The molecule has 1 aromatic rings. The van der Waals surface area contributed by atoms with Crippen molar-refractivity contribution in [3.63, 3.8) is 0 Å². The molecule has 1 aliphatic carbocycles. The number of carbonyl (C=O) groups excluding carboxylic acids is 1. The molecule has 1 saturated carbocycles. The number of amides is 1. The van der Waals surface area contributed by atoms with Gasteiger partial charge in [0.1, 0.15) is 0 Å². The number of rotatable bonds is 3. The number of hydrazone groups is 1. The third-order valence-corrected chi connectivity index (χ3v) is 4.17. The Morgan fingerprint density at radius 2 is 2.00 bits per heavy atom. The lowest BCUT2D eigenvalue weighted by Gasteiger charge is -2.19. The van der Waals surface area contributed by atoms with Crippen molar-refractivity contribution in [2.45, 2.75) is 32.1 Å². The van der Waals surface area contributed by atoms with E-state index in [9.17, 15) is 4.79 Å². The predicted octanol–water partition coefficient (Wildman–Crippen LogP) is 4.02. The molecule has 0 aromatic heterocycles. The molecule has 1 aliphatic rings. The maximum absolute atomic E-state index is 11.9. The van der Waals surface area contributed by atoms with Crippen LogP contribution in [0.15, 0.2) is 23.3 Å². The number of nitrogens with one attached hydrogen (secondary N) is 1. The van der Waals surface area contributed by atoms with Crippen LogP contribution in [-0.4, -0.2) is 12.1 Å². The van der Waals surface area contributed by atoms with Gasteiger partial charge in [-0.05, 0) is 18.9 Å². The minimum atomic E-state index is -0.00546. The zero-order chi connectivity index (χ0) is 13.7. The fourth-order valence-corrected chi connectivity index (χ4v) is 2.60. The first-order valence-electron chi connectivity index (χ1n) is 6.45. The minimum absolute atomic E-state index is 0.00546. The van der Waals surface area contributed by atoms with Crippen LogP contribution in [-0.2, 0) is 4.79 Å². The van der Waals surface area contributed by atoms with Crippen molar-refractivity contribution in [1.29, 1.82) is 0 Å². The largest absolute Gasteiger partial charge is 0.273 e. The molecule has 0 unspecified atom stereocenters. The Morgan fingerprint density at radius 1 is 1.26 bits per heavy atom. The quantitative estimate of drug-likeness (QED) is 0.664. The summed E-state index contributed by atoms with van der Waals surface area (Å²) in [7, 11) is 0. The summed E-state index contributed by atoms with van der Waals surface area (Å²) in [5, 5.41) is 4.87. The summed E-state index contributed by atoms with van der Waals surface area (Å²) in [4.78, 5) is 11.9. The van der Waals surface area contributed by atoms with E-state index in [2.05, 4.69) is 10.5 Å². The highest BCUT2D eigenvalue weighted by Gasteiger charge is 2.20. The standard InChI is InChI=1S/C14H16Cl2N2O/c15-12-8-4-7-11(13(12)16)9-17-18-14(19)10-5-2-1-3-6-10/h4,7-10H,1-3,5-6H2,(H,18,19). The van der Waals surface area contributed by atoms with Crippen molar-refractivity contribution in [2.75, 3.05) is 0 Å². The molecular weight excluding hydrogens is 283 g/mol. The van der Waals surface area contributed by atoms with Gasteiger partial charge in [0.25, 0.3) is 0 Å². The summed E-state index contributed by atoms with van der Waals surface area (Å²) in [5.74, 6) is 0.0924. The van der Waals surface area contributed by atoms with Crippen LogP contribution < -0.4 is 5.43 Å². The number of carbonyl (C=O) groups is 1. The molecule has 0 atom stereocenters. The van der Waals surface area contributed by atoms with E-state index in [-0.39, 0.29) is 11.8 Å². The normalized spacial score (nSPS) is 16.7. The van der Waals surface area contributed by atoms with Gasteiger partial charge in [-0.25, -0.2) is 5.43 Å². The zero-order valence-electron chi connectivity index (χ0n) is 10.5. The number of benzene rings is 1. The molecular formula is C14H16Cl2N2O. The van der Waals surface area contributed by atoms with Gasteiger partial charge in [0.15, 0.2) is 0 Å². The van der Waals surface area contributed by atoms with Crippen molar-refractivity contribution in [2.24, 2.45) is 11.0 Å². The fourth-order valence-electron chi connectivity index (χ4n) is 2.24. The molecule has 102 valence electrons. The summed E-state index contributed by atoms with van der Waals surface area (Å²) in [6.07, 6.45) is 6.92. The van der Waals surface area contributed by atoms with Crippen molar-refractivity contribution in [3.05, 3.63) is 33.8 Å². The van der Waals surface area contributed by atoms with Gasteiger partial charge in [-0.2, -0.15) is 5.10 Å². The Kier molecular flexibility index (Phi) is 5.23. The molecule has 2 rings (SSSR count). The van der Waals surface area contributed by atoms with Gasteiger partial charge in [-0.3, -0.25) is 4.79 Å². The second-order valence-electron chi connectivity index (χ2n) is 4.71. The number of nitrogens with zero attached hydrogens (tertiary/aromatic N) is 1. The molecule has 3 nitrogen and oxygen atoms in total. The average molecular weight is 299 g/mol. The summed E-state index contributed by atoms with van der Waals surface area (Å²) >= 11 is 11.9. The highest BCUT2D eigenvalue weighted by molar-refractivity contribution is 6.43. The molecule has 5 heteroatoms. The lowest BCUT2D eigenvalue weighted by Crippen LogP contribution is -2.28. The SMILES string of the molecule is O=C(NN=Cc1cccc(Cl)c1Cl)C1CCCCC1. The average Bonchev–Trinajstić information content (AvgIpc) is 2.44. The van der Waals surface area contributed by atoms with Gasteiger partial charge in [-0.1, -0.05) is 54.6 Å². The monoisotopic (exact) mass is 298 g/mol. The third-order valence-electron chi connectivity index (χ3n) is 3.34. The van der Waals surface area contributed by atoms with Crippen LogP contribution in [0.2, 0.25) is 10.0 Å². The lowest BCUT2D eigenvalue weighted by molar-refractivity contribution is -0.125. The van der Waals surface area contributed by atoms with Gasteiger partial charge in [0.05, 0.1) is 16.3 Å². The molecule has 0 saturated heterocycles. The van der Waals surface area contributed by atoms with E-state index in [1.54, 1.807) is 18.2 Å². The van der Waals surface area contributed by atoms with E-state index in [4.69, 9.17) is 23.2 Å². The van der Waals surface area contributed by atoms with Crippen LogP contribution in [0.25, 0.3) is 0 Å². The number of hydrogen-bond acceptors (Lipinski definition) is 2. The van der Waals surface area contributed by atoms with Gasteiger partial charge in [0.2, 0.25) is 5.91 Å². The molecule has 1 aromatic carbocycles. The van der Waals surface area contributed by atoms with Crippen LogP contribution in [0.1, 0.15) is 37.7 Å². The van der Waals surface area contributed by atoms with Crippen LogP contribution in [0.5, 0.6) is 0 Å². The molecule has 0 aliphatic heterocycles. The van der Waals surface area contributed by atoms with Gasteiger partial charge < -0.3 is 0 Å². The Hall–Kier alpha value is -1.06. The third kappa shape index (κ3) is 3.95. The molecule has 0 heterocycles. The first kappa shape index (κ1) is 14.4. The molecule has 1 N–H and O–H groups in total. The van der Waals surface area contributed by atoms with E-state index in [1.165, 1.54) is 12.6 Å². The highest BCUT2D eigenvalue weighted by atomic mass is 35.5. The van der Waals surface area contributed by atoms with Crippen LogP contribution in [0, 0.1) is 5.92 Å². The minimum Gasteiger partial charge on any atom is -0.273 e. The zero-order valence-corrected chi connectivity index (χ0v) is 12.0. The van der Waals surface area contributed by atoms with Gasteiger partial charge >= 0.3 is 0 Å². The molecule has 1 fully saturated rings. The topological polar surface area (TPSA) is 41.5 Å². The summed E-state index contributed by atoms with van der Waals surface area (Å²) in [6.45, 7) is 0. The van der Waals surface area contributed by atoms with E-state index in [1.807, 2.05) is 0 Å². The first-order valence-corrected chi connectivity index (χ1v) is 7.21. The maximum atomic E-state index is 11.9. The molecule has 1 amide bonds. The fraction of sp³-hybridized carbons (Fsp3) is 0.429. The highest BCUT2D eigenvalue weighted by Crippen LogP contribution is 2.25. The van der Waals surface area contributed by atoms with E-state index in [0.29, 0.717) is 15.6 Å². The Bertz CT molecular complexity index is 482. The van der Waals surface area contributed by atoms with Crippen LogP contribution in [0.3, 0.4) is 0 Å². The van der Waals surface area contributed by atoms with E-state index < -0.39 is 0 Å². The van der Waals surface area contributed by atoms with E-state index in [0.717, 1.165) is 25.7 Å². The van der Waals surface area contributed by atoms with Crippen LogP contribution in [0.4, 0.5) is 0 Å². The first-order chi connectivity index (χ1) is 9.18. The number of halogens is 2. The molecule has 0 bridgehead atoms. The van der Waals surface area contributed by atoms with Crippen molar-refractivity contribution >= 4 is 35.3 Å². The van der Waals surface area contributed by atoms with Crippen molar-refractivity contribution in [3.8, 4) is 0 Å². The maximum Gasteiger partial charge on any atom is 0.243 e. The Labute approximate surface area is 123 Å². The Morgan fingerprint density at radius 3 is 2.74 bits per heavy atom. The smallest absolute Gasteiger partial charge is 0.243 e. The second kappa shape index (κ2) is 6.92. The van der Waals surface area contributed by atoms with Crippen LogP contribution >= 0.6 is 23.2 Å². The molecule has 0 radical (unpaired) electrons. The molecule has 0 spiro atoms. The number of hydrogen-bond donors (Lipinski definition) is 1. The van der Waals surface area contributed by atoms with Gasteiger partial charge in [0, 0.05) is 11.5 Å². The van der Waals surface area contributed by atoms with Crippen molar-refractivity contribution < 1.29 is 4.79 Å². The lowest BCUT2D eigenvalue weighted by atomic mass is 9.89. The second-order valence-corrected chi connectivity index (χ2v) is 5.50. The summed E-state index contributed by atoms with van der Waals surface area (Å²) in [6, 6.07) is 5.30. The Balaban J connectivity index is 1.92. The summed E-state index contributed by atoms with van der Waals surface area (Å²) < 4.78 is 0. The van der Waals surface area contributed by atoms with Crippen molar-refractivity contribution in [1.82, 2.24) is 5.43 Å².